The molecule has 1 fully saturated rings. The number of benzene rings is 2. The first-order valence-corrected chi connectivity index (χ1v) is 11.4. The highest BCUT2D eigenvalue weighted by Gasteiger charge is 2.45. The average molecular weight is 437 g/mol. The molecule has 0 heterocycles. The highest BCUT2D eigenvalue weighted by atomic mass is 35.5. The zero-order valence-corrected chi connectivity index (χ0v) is 18.3. The van der Waals surface area contributed by atoms with E-state index in [9.17, 15) is 13.2 Å². The van der Waals surface area contributed by atoms with Gasteiger partial charge in [0.15, 0.2) is 0 Å². The first-order valence-electron chi connectivity index (χ1n) is 9.56. The Morgan fingerprint density at radius 3 is 2.52 bits per heavy atom. The maximum Gasteiger partial charge on any atom is 0.243 e. The van der Waals surface area contributed by atoms with E-state index in [0.29, 0.717) is 36.0 Å². The fourth-order valence-corrected chi connectivity index (χ4v) is 5.25. The number of nitrogens with zero attached hydrogens (tertiary/aromatic N) is 1. The summed E-state index contributed by atoms with van der Waals surface area (Å²) in [6.45, 7) is 4.31. The number of carbonyl (C=O) groups is 1. The van der Waals surface area contributed by atoms with Crippen molar-refractivity contribution in [2.24, 2.45) is 5.92 Å². The molecule has 2 aromatic rings. The fraction of sp³-hybridized carbons (Fsp3) is 0.381. The standard InChI is InChI=1S/C21H25ClN2O4S/c1-4-24(5-2)29(26,27)14-10-11-20(28-3)19(12-14)23-21(25)17-13-16(17)15-8-6-7-9-18(15)22/h6-12,16-17H,4-5,13H2,1-3H3,(H,23,25). The fourth-order valence-electron chi connectivity index (χ4n) is 3.49. The van der Waals surface area contributed by atoms with Gasteiger partial charge >= 0.3 is 0 Å². The van der Waals surface area contributed by atoms with Crippen molar-refractivity contribution in [3.05, 3.63) is 53.1 Å². The Morgan fingerprint density at radius 1 is 1.21 bits per heavy atom. The van der Waals surface area contributed by atoms with Crippen molar-refractivity contribution in [3.8, 4) is 5.75 Å². The number of sulfonamides is 1. The summed E-state index contributed by atoms with van der Waals surface area (Å²) in [6.07, 6.45) is 0.704. The minimum Gasteiger partial charge on any atom is -0.495 e. The lowest BCUT2D eigenvalue weighted by Gasteiger charge is -2.19. The number of nitrogens with one attached hydrogen (secondary N) is 1. The lowest BCUT2D eigenvalue weighted by atomic mass is 10.1. The second kappa shape index (κ2) is 8.73. The number of ether oxygens (including phenoxy) is 1. The predicted octanol–water partition coefficient (Wildman–Crippen LogP) is 4.12. The summed E-state index contributed by atoms with van der Waals surface area (Å²) < 4.78 is 32.3. The van der Waals surface area contributed by atoms with Crippen LogP contribution in [-0.2, 0) is 14.8 Å². The molecular formula is C21H25ClN2O4S. The molecule has 0 saturated heterocycles. The second-order valence-corrected chi connectivity index (χ2v) is 9.26. The molecule has 1 aliphatic rings. The molecule has 8 heteroatoms. The van der Waals surface area contributed by atoms with Gasteiger partial charge in [0, 0.05) is 24.0 Å². The third kappa shape index (κ3) is 4.42. The Balaban J connectivity index is 1.82. The molecule has 156 valence electrons. The zero-order valence-electron chi connectivity index (χ0n) is 16.7. The van der Waals surface area contributed by atoms with E-state index in [-0.39, 0.29) is 22.6 Å². The summed E-state index contributed by atoms with van der Waals surface area (Å²) in [7, 11) is -2.16. The quantitative estimate of drug-likeness (QED) is 0.675. The molecule has 0 aromatic heterocycles. The number of amides is 1. The SMILES string of the molecule is CCN(CC)S(=O)(=O)c1ccc(OC)c(NC(=O)C2CC2c2ccccc2Cl)c1. The Kier molecular flexibility index (Phi) is 6.51. The van der Waals surface area contributed by atoms with Crippen LogP contribution in [0.3, 0.4) is 0 Å². The summed E-state index contributed by atoms with van der Waals surface area (Å²) in [5, 5.41) is 3.49. The van der Waals surface area contributed by atoms with Crippen molar-refractivity contribution in [1.82, 2.24) is 4.31 Å². The number of methoxy groups -OCH3 is 1. The van der Waals surface area contributed by atoms with E-state index in [1.54, 1.807) is 19.9 Å². The lowest BCUT2D eigenvalue weighted by Crippen LogP contribution is -2.30. The highest BCUT2D eigenvalue weighted by molar-refractivity contribution is 7.89. The average Bonchev–Trinajstić information content (AvgIpc) is 3.49. The largest absolute Gasteiger partial charge is 0.495 e. The van der Waals surface area contributed by atoms with Crippen LogP contribution >= 0.6 is 11.6 Å². The van der Waals surface area contributed by atoms with Gasteiger partial charge in [0.25, 0.3) is 0 Å². The van der Waals surface area contributed by atoms with Crippen LogP contribution < -0.4 is 10.1 Å². The van der Waals surface area contributed by atoms with Crippen LogP contribution in [0.25, 0.3) is 0 Å². The van der Waals surface area contributed by atoms with E-state index in [4.69, 9.17) is 16.3 Å². The van der Waals surface area contributed by atoms with E-state index < -0.39 is 10.0 Å². The maximum atomic E-state index is 12.8. The van der Waals surface area contributed by atoms with Crippen LogP contribution in [0.2, 0.25) is 5.02 Å². The monoisotopic (exact) mass is 436 g/mol. The summed E-state index contributed by atoms with van der Waals surface area (Å²) in [6, 6.07) is 12.0. The number of carbonyl (C=O) groups excluding carboxylic acids is 1. The molecule has 2 unspecified atom stereocenters. The topological polar surface area (TPSA) is 75.7 Å². The van der Waals surface area contributed by atoms with Gasteiger partial charge < -0.3 is 10.1 Å². The number of halogens is 1. The van der Waals surface area contributed by atoms with Gasteiger partial charge in [-0.3, -0.25) is 4.79 Å². The van der Waals surface area contributed by atoms with Gasteiger partial charge in [-0.25, -0.2) is 8.42 Å². The number of hydrogen-bond donors (Lipinski definition) is 1. The van der Waals surface area contributed by atoms with Crippen LogP contribution in [0, 0.1) is 5.92 Å². The molecule has 0 radical (unpaired) electrons. The number of hydrogen-bond acceptors (Lipinski definition) is 4. The smallest absolute Gasteiger partial charge is 0.243 e. The Labute approximate surface area is 176 Å². The van der Waals surface area contributed by atoms with Crippen molar-refractivity contribution in [2.45, 2.75) is 31.1 Å². The maximum absolute atomic E-state index is 12.8. The molecule has 1 N–H and O–H groups in total. The molecule has 1 amide bonds. The van der Waals surface area contributed by atoms with E-state index in [2.05, 4.69) is 5.32 Å². The Hall–Kier alpha value is -2.09. The van der Waals surface area contributed by atoms with Crippen LogP contribution in [0.5, 0.6) is 5.75 Å². The lowest BCUT2D eigenvalue weighted by molar-refractivity contribution is -0.117. The predicted molar refractivity (Wildman–Crippen MR) is 114 cm³/mol. The van der Waals surface area contributed by atoms with Gasteiger partial charge in [-0.2, -0.15) is 4.31 Å². The van der Waals surface area contributed by atoms with Gasteiger partial charge in [0.2, 0.25) is 15.9 Å². The first-order chi connectivity index (χ1) is 13.8. The van der Waals surface area contributed by atoms with Crippen molar-refractivity contribution < 1.29 is 17.9 Å². The van der Waals surface area contributed by atoms with Crippen LogP contribution in [0.4, 0.5) is 5.69 Å². The van der Waals surface area contributed by atoms with Crippen molar-refractivity contribution in [3.63, 3.8) is 0 Å². The van der Waals surface area contributed by atoms with Crippen LogP contribution in [0.15, 0.2) is 47.4 Å². The van der Waals surface area contributed by atoms with E-state index in [1.165, 1.54) is 23.5 Å². The van der Waals surface area contributed by atoms with Gasteiger partial charge in [-0.15, -0.1) is 0 Å². The van der Waals surface area contributed by atoms with E-state index in [1.807, 2.05) is 24.3 Å². The summed E-state index contributed by atoms with van der Waals surface area (Å²) in [5.74, 6) is 0.0948. The molecule has 1 saturated carbocycles. The third-order valence-corrected chi connectivity index (χ3v) is 7.59. The zero-order chi connectivity index (χ0) is 21.2. The minimum atomic E-state index is -3.64. The summed E-state index contributed by atoms with van der Waals surface area (Å²) >= 11 is 6.24. The van der Waals surface area contributed by atoms with E-state index >= 15 is 0 Å². The molecule has 0 spiro atoms. The molecule has 0 aliphatic heterocycles. The number of rotatable bonds is 8. The molecule has 3 rings (SSSR count). The Bertz CT molecular complexity index is 1010. The van der Waals surface area contributed by atoms with Crippen molar-refractivity contribution in [1.29, 1.82) is 0 Å². The van der Waals surface area contributed by atoms with Crippen LogP contribution in [-0.4, -0.2) is 38.8 Å². The third-order valence-electron chi connectivity index (χ3n) is 5.20. The summed E-state index contributed by atoms with van der Waals surface area (Å²) in [5.41, 5.74) is 1.30. The van der Waals surface area contributed by atoms with Gasteiger partial charge in [0.1, 0.15) is 5.75 Å². The molecule has 0 bridgehead atoms. The van der Waals surface area contributed by atoms with Crippen molar-refractivity contribution >= 4 is 33.2 Å². The summed E-state index contributed by atoms with van der Waals surface area (Å²) in [4.78, 5) is 12.9. The molecule has 2 aromatic carbocycles. The van der Waals surface area contributed by atoms with E-state index in [0.717, 1.165) is 5.56 Å². The highest BCUT2D eigenvalue weighted by Crippen LogP contribution is 2.50. The normalized spacial score (nSPS) is 18.5. The van der Waals surface area contributed by atoms with Gasteiger partial charge in [-0.1, -0.05) is 43.6 Å². The number of anilines is 1. The van der Waals surface area contributed by atoms with Crippen LogP contribution in [0.1, 0.15) is 31.7 Å². The van der Waals surface area contributed by atoms with Crippen molar-refractivity contribution in [2.75, 3.05) is 25.5 Å². The molecule has 2 atom stereocenters. The second-order valence-electron chi connectivity index (χ2n) is 6.91. The minimum absolute atomic E-state index is 0.0669. The molecule has 6 nitrogen and oxygen atoms in total. The Morgan fingerprint density at radius 2 is 1.90 bits per heavy atom. The van der Waals surface area contributed by atoms with Gasteiger partial charge in [-0.05, 0) is 42.2 Å². The van der Waals surface area contributed by atoms with Gasteiger partial charge in [0.05, 0.1) is 17.7 Å². The molecule has 1 aliphatic carbocycles. The molecule has 29 heavy (non-hydrogen) atoms. The molecular weight excluding hydrogens is 412 g/mol. The first kappa shape index (κ1) is 21.6.